The van der Waals surface area contributed by atoms with Crippen LogP contribution in [-0.4, -0.2) is 11.9 Å². The zero-order chi connectivity index (χ0) is 13.7. The van der Waals surface area contributed by atoms with Gasteiger partial charge in [-0.3, -0.25) is 4.79 Å². The molecule has 0 fully saturated rings. The van der Waals surface area contributed by atoms with E-state index < -0.39 is 5.82 Å². The predicted octanol–water partition coefficient (Wildman–Crippen LogP) is 3.69. The van der Waals surface area contributed by atoms with E-state index in [0.29, 0.717) is 5.92 Å². The highest BCUT2D eigenvalue weighted by Gasteiger charge is 2.15. The Kier molecular flexibility index (Phi) is 5.32. The molecule has 2 unspecified atom stereocenters. The van der Waals surface area contributed by atoms with E-state index in [1.807, 2.05) is 6.92 Å². The Bertz CT molecular complexity index is 417. The highest BCUT2D eigenvalue weighted by molar-refractivity contribution is 5.94. The Morgan fingerprint density at radius 2 is 2.06 bits per heavy atom. The molecule has 0 heterocycles. The van der Waals surface area contributed by atoms with E-state index in [-0.39, 0.29) is 17.5 Å². The van der Waals surface area contributed by atoms with Crippen molar-refractivity contribution in [2.45, 2.75) is 46.6 Å². The number of nitrogens with one attached hydrogen (secondary N) is 1. The van der Waals surface area contributed by atoms with Gasteiger partial charge in [-0.25, -0.2) is 4.39 Å². The molecule has 0 spiro atoms. The van der Waals surface area contributed by atoms with Gasteiger partial charge in [0.2, 0.25) is 0 Å². The van der Waals surface area contributed by atoms with Gasteiger partial charge in [0.1, 0.15) is 5.82 Å². The van der Waals surface area contributed by atoms with Gasteiger partial charge in [0.25, 0.3) is 5.91 Å². The number of amides is 1. The monoisotopic (exact) mass is 251 g/mol. The molecule has 1 N–H and O–H groups in total. The lowest BCUT2D eigenvalue weighted by Crippen LogP contribution is -2.34. The minimum atomic E-state index is -0.455. The first-order valence-corrected chi connectivity index (χ1v) is 6.51. The Morgan fingerprint density at radius 1 is 1.39 bits per heavy atom. The topological polar surface area (TPSA) is 29.1 Å². The number of hydrogen-bond donors (Lipinski definition) is 1. The molecule has 0 bridgehead atoms. The second-order valence-electron chi connectivity index (χ2n) is 5.11. The van der Waals surface area contributed by atoms with Crippen molar-refractivity contribution in [3.05, 3.63) is 35.1 Å². The van der Waals surface area contributed by atoms with Gasteiger partial charge in [-0.05, 0) is 43.9 Å². The Labute approximate surface area is 109 Å². The van der Waals surface area contributed by atoms with E-state index in [2.05, 4.69) is 19.2 Å². The molecule has 1 aromatic rings. The normalized spacial score (nSPS) is 14.1. The highest BCUT2D eigenvalue weighted by Crippen LogP contribution is 2.12. The van der Waals surface area contributed by atoms with Gasteiger partial charge in [0, 0.05) is 6.04 Å². The van der Waals surface area contributed by atoms with Crippen LogP contribution in [0.4, 0.5) is 4.39 Å². The summed E-state index contributed by atoms with van der Waals surface area (Å²) in [5.74, 6) is -0.227. The number of halogens is 1. The maximum Gasteiger partial charge on any atom is 0.254 e. The third-order valence-electron chi connectivity index (χ3n) is 3.20. The van der Waals surface area contributed by atoms with Gasteiger partial charge < -0.3 is 5.32 Å². The average Bonchev–Trinajstić information content (AvgIpc) is 2.28. The Morgan fingerprint density at radius 3 is 2.61 bits per heavy atom. The quantitative estimate of drug-likeness (QED) is 0.849. The summed E-state index contributed by atoms with van der Waals surface area (Å²) in [5.41, 5.74) is 0.938. The van der Waals surface area contributed by atoms with E-state index in [1.54, 1.807) is 13.0 Å². The smallest absolute Gasteiger partial charge is 0.254 e. The molecular weight excluding hydrogens is 229 g/mol. The van der Waals surface area contributed by atoms with Crippen LogP contribution in [0.3, 0.4) is 0 Å². The van der Waals surface area contributed by atoms with Crippen molar-refractivity contribution in [2.75, 3.05) is 0 Å². The first-order chi connectivity index (χ1) is 8.43. The van der Waals surface area contributed by atoms with Crippen LogP contribution in [0.15, 0.2) is 18.2 Å². The van der Waals surface area contributed by atoms with Gasteiger partial charge in [0.15, 0.2) is 0 Å². The van der Waals surface area contributed by atoms with Crippen molar-refractivity contribution in [2.24, 2.45) is 5.92 Å². The van der Waals surface area contributed by atoms with Gasteiger partial charge >= 0.3 is 0 Å². The van der Waals surface area contributed by atoms with Crippen molar-refractivity contribution in [1.82, 2.24) is 5.32 Å². The molecule has 0 aliphatic rings. The van der Waals surface area contributed by atoms with Crippen LogP contribution >= 0.6 is 0 Å². The summed E-state index contributed by atoms with van der Waals surface area (Å²) >= 11 is 0. The summed E-state index contributed by atoms with van der Waals surface area (Å²) in [7, 11) is 0. The lowest BCUT2D eigenvalue weighted by atomic mass is 10.00. The van der Waals surface area contributed by atoms with E-state index in [9.17, 15) is 9.18 Å². The third-order valence-corrected chi connectivity index (χ3v) is 3.20. The fourth-order valence-corrected chi connectivity index (χ4v) is 1.93. The molecule has 100 valence electrons. The lowest BCUT2D eigenvalue weighted by Gasteiger charge is -2.17. The van der Waals surface area contributed by atoms with Crippen molar-refractivity contribution in [3.63, 3.8) is 0 Å². The zero-order valence-corrected chi connectivity index (χ0v) is 11.6. The summed E-state index contributed by atoms with van der Waals surface area (Å²) in [6.07, 6.45) is 1.99. The predicted molar refractivity (Wildman–Crippen MR) is 72.1 cm³/mol. The van der Waals surface area contributed by atoms with Crippen LogP contribution in [-0.2, 0) is 0 Å². The molecular formula is C15H22FNO. The zero-order valence-electron chi connectivity index (χ0n) is 11.6. The molecule has 0 radical (unpaired) electrons. The van der Waals surface area contributed by atoms with Gasteiger partial charge in [-0.2, -0.15) is 0 Å². The summed E-state index contributed by atoms with van der Waals surface area (Å²) in [6, 6.07) is 4.73. The molecule has 2 atom stereocenters. The number of carbonyl (C=O) groups excluding carboxylic acids is 1. The molecule has 1 rings (SSSR count). The maximum absolute atomic E-state index is 13.6. The first kappa shape index (κ1) is 14.7. The van der Waals surface area contributed by atoms with E-state index in [1.165, 1.54) is 12.1 Å². The summed E-state index contributed by atoms with van der Waals surface area (Å²) in [6.45, 7) is 8.03. The fourth-order valence-electron chi connectivity index (χ4n) is 1.93. The maximum atomic E-state index is 13.6. The minimum absolute atomic E-state index is 0.0631. The van der Waals surface area contributed by atoms with Crippen molar-refractivity contribution >= 4 is 5.91 Å². The molecule has 0 aliphatic carbocycles. The molecule has 2 nitrogen and oxygen atoms in total. The number of benzene rings is 1. The Balaban J connectivity index is 2.65. The number of rotatable bonds is 5. The average molecular weight is 251 g/mol. The largest absolute Gasteiger partial charge is 0.349 e. The first-order valence-electron chi connectivity index (χ1n) is 6.51. The lowest BCUT2D eigenvalue weighted by molar-refractivity contribution is 0.0931. The van der Waals surface area contributed by atoms with Gasteiger partial charge in [0.05, 0.1) is 5.56 Å². The highest BCUT2D eigenvalue weighted by atomic mass is 19.1. The Hall–Kier alpha value is -1.38. The van der Waals surface area contributed by atoms with Crippen molar-refractivity contribution in [3.8, 4) is 0 Å². The summed E-state index contributed by atoms with van der Waals surface area (Å²) in [5, 5.41) is 2.84. The van der Waals surface area contributed by atoms with E-state index in [0.717, 1.165) is 18.4 Å². The van der Waals surface area contributed by atoms with Crippen LogP contribution in [0.1, 0.15) is 49.5 Å². The SMILES string of the molecule is CCC(C)CC(C)NC(=O)c1ccc(C)cc1F. The molecule has 1 amide bonds. The van der Waals surface area contributed by atoms with Crippen LogP contribution < -0.4 is 5.32 Å². The third kappa shape index (κ3) is 4.13. The molecule has 18 heavy (non-hydrogen) atoms. The second kappa shape index (κ2) is 6.53. The van der Waals surface area contributed by atoms with Crippen molar-refractivity contribution in [1.29, 1.82) is 0 Å². The summed E-state index contributed by atoms with van der Waals surface area (Å²) in [4.78, 5) is 11.9. The van der Waals surface area contributed by atoms with Crippen LogP contribution in [0, 0.1) is 18.7 Å². The van der Waals surface area contributed by atoms with E-state index >= 15 is 0 Å². The second-order valence-corrected chi connectivity index (χ2v) is 5.11. The number of aryl methyl sites for hydroxylation is 1. The molecule has 1 aromatic carbocycles. The van der Waals surface area contributed by atoms with Crippen molar-refractivity contribution < 1.29 is 9.18 Å². The summed E-state index contributed by atoms with van der Waals surface area (Å²) < 4.78 is 13.6. The number of carbonyl (C=O) groups is 1. The van der Waals surface area contributed by atoms with Crippen LogP contribution in [0.2, 0.25) is 0 Å². The molecule has 0 saturated carbocycles. The van der Waals surface area contributed by atoms with E-state index in [4.69, 9.17) is 0 Å². The van der Waals surface area contributed by atoms with Crippen LogP contribution in [0.25, 0.3) is 0 Å². The molecule has 0 saturated heterocycles. The fraction of sp³-hybridized carbons (Fsp3) is 0.533. The molecule has 0 aromatic heterocycles. The van der Waals surface area contributed by atoms with Gasteiger partial charge in [-0.15, -0.1) is 0 Å². The molecule has 3 heteroatoms. The minimum Gasteiger partial charge on any atom is -0.349 e. The van der Waals surface area contributed by atoms with Crippen LogP contribution in [0.5, 0.6) is 0 Å². The molecule has 0 aliphatic heterocycles. The van der Waals surface area contributed by atoms with Gasteiger partial charge in [-0.1, -0.05) is 26.3 Å². The number of hydrogen-bond acceptors (Lipinski definition) is 1. The standard InChI is InChI=1S/C15H22FNO/c1-5-10(2)8-12(4)17-15(18)13-7-6-11(3)9-14(13)16/h6-7,9-10,12H,5,8H2,1-4H3,(H,17,18).